The topological polar surface area (TPSA) is 94.3 Å². The lowest BCUT2D eigenvalue weighted by atomic mass is 10.2. The average Bonchev–Trinajstić information content (AvgIpc) is 3.16. The third kappa shape index (κ3) is 4.76. The predicted octanol–water partition coefficient (Wildman–Crippen LogP) is 3.22. The van der Waals surface area contributed by atoms with Gasteiger partial charge in [-0.15, -0.1) is 10.2 Å². The van der Waals surface area contributed by atoms with Gasteiger partial charge in [0.1, 0.15) is 22.1 Å². The third-order valence-corrected chi connectivity index (χ3v) is 4.08. The highest BCUT2D eigenvalue weighted by Gasteiger charge is 2.14. The van der Waals surface area contributed by atoms with Crippen molar-refractivity contribution in [1.82, 2.24) is 10.2 Å². The number of furan rings is 1. The zero-order valence-electron chi connectivity index (χ0n) is 13.8. The van der Waals surface area contributed by atoms with Crippen LogP contribution < -0.4 is 5.32 Å². The summed E-state index contributed by atoms with van der Waals surface area (Å²) in [5, 5.41) is 12.0. The first-order valence-electron chi connectivity index (χ1n) is 7.53. The lowest BCUT2D eigenvalue weighted by Crippen LogP contribution is -2.07. The van der Waals surface area contributed by atoms with Crippen LogP contribution in [0.1, 0.15) is 46.7 Å². The first-order chi connectivity index (χ1) is 11.5. The molecule has 0 saturated heterocycles. The fraction of sp³-hybridized carbons (Fsp3) is 0.375. The van der Waals surface area contributed by atoms with Gasteiger partial charge in [-0.05, 0) is 25.5 Å². The molecule has 0 aliphatic rings. The number of unbranched alkanes of at least 4 members (excludes halogenated alkanes) is 1. The number of hydrogen-bond acceptors (Lipinski definition) is 7. The van der Waals surface area contributed by atoms with Gasteiger partial charge in [0.2, 0.25) is 11.0 Å². The molecule has 7 nitrogen and oxygen atoms in total. The number of methoxy groups -OCH3 is 1. The number of ether oxygens (including phenoxy) is 1. The second-order valence-corrected chi connectivity index (χ2v) is 6.10. The summed E-state index contributed by atoms with van der Waals surface area (Å²) in [4.78, 5) is 23.4. The van der Waals surface area contributed by atoms with Gasteiger partial charge in [-0.3, -0.25) is 10.1 Å². The molecule has 2 aromatic rings. The van der Waals surface area contributed by atoms with Crippen LogP contribution in [-0.2, 0) is 16.0 Å². The van der Waals surface area contributed by atoms with Crippen LogP contribution in [0, 0.1) is 6.92 Å². The number of aryl methyl sites for hydroxylation is 2. The normalized spacial score (nSPS) is 11.0. The van der Waals surface area contributed by atoms with E-state index in [2.05, 4.69) is 27.2 Å². The summed E-state index contributed by atoms with van der Waals surface area (Å²) in [6.45, 7) is 3.76. The molecule has 0 aromatic carbocycles. The fourth-order valence-electron chi connectivity index (χ4n) is 1.94. The lowest BCUT2D eigenvalue weighted by molar-refractivity contribution is -0.111. The van der Waals surface area contributed by atoms with E-state index in [-0.39, 0.29) is 5.91 Å². The largest absolute Gasteiger partial charge is 0.465 e. The number of anilines is 1. The number of carbonyl (C=O) groups excluding carboxylic acids is 2. The van der Waals surface area contributed by atoms with E-state index in [1.807, 2.05) is 0 Å². The molecule has 0 saturated carbocycles. The molecule has 0 atom stereocenters. The Labute approximate surface area is 143 Å². The Morgan fingerprint density at radius 1 is 1.42 bits per heavy atom. The van der Waals surface area contributed by atoms with Crippen LogP contribution in [0.2, 0.25) is 0 Å². The van der Waals surface area contributed by atoms with Gasteiger partial charge < -0.3 is 9.15 Å². The van der Waals surface area contributed by atoms with Crippen LogP contribution in [0.4, 0.5) is 5.13 Å². The van der Waals surface area contributed by atoms with Crippen molar-refractivity contribution in [2.24, 2.45) is 0 Å². The number of nitrogens with one attached hydrogen (secondary N) is 1. The molecule has 8 heteroatoms. The Morgan fingerprint density at radius 2 is 2.21 bits per heavy atom. The van der Waals surface area contributed by atoms with Crippen LogP contribution in [0.5, 0.6) is 0 Å². The van der Waals surface area contributed by atoms with Gasteiger partial charge in [-0.25, -0.2) is 4.79 Å². The molecular formula is C16H19N3O4S. The van der Waals surface area contributed by atoms with Gasteiger partial charge in [0.05, 0.1) is 7.11 Å². The van der Waals surface area contributed by atoms with Crippen LogP contribution in [0.15, 0.2) is 16.6 Å². The van der Waals surface area contributed by atoms with E-state index in [1.165, 1.54) is 36.7 Å². The molecule has 128 valence electrons. The molecule has 24 heavy (non-hydrogen) atoms. The number of esters is 1. The predicted molar refractivity (Wildman–Crippen MR) is 91.0 cm³/mol. The first kappa shape index (κ1) is 17.9. The SMILES string of the molecule is CCCCc1nnc(NC(=O)/C=C/c2cc(C(=O)OC)c(C)o2)s1. The van der Waals surface area contributed by atoms with E-state index >= 15 is 0 Å². The number of hydrogen-bond donors (Lipinski definition) is 1. The summed E-state index contributed by atoms with van der Waals surface area (Å²) in [6, 6.07) is 1.53. The number of aromatic nitrogens is 2. The van der Waals surface area contributed by atoms with E-state index in [9.17, 15) is 9.59 Å². The Hall–Kier alpha value is -2.48. The minimum absolute atomic E-state index is 0.335. The summed E-state index contributed by atoms with van der Waals surface area (Å²) >= 11 is 1.36. The Morgan fingerprint density at radius 3 is 2.92 bits per heavy atom. The Kier molecular flexibility index (Phi) is 6.25. The highest BCUT2D eigenvalue weighted by atomic mass is 32.1. The Balaban J connectivity index is 1.95. The zero-order valence-corrected chi connectivity index (χ0v) is 14.6. The van der Waals surface area contributed by atoms with Gasteiger partial charge in [-0.2, -0.15) is 0 Å². The average molecular weight is 349 g/mol. The maximum Gasteiger partial charge on any atom is 0.341 e. The van der Waals surface area contributed by atoms with Crippen LogP contribution >= 0.6 is 11.3 Å². The highest BCUT2D eigenvalue weighted by molar-refractivity contribution is 7.15. The van der Waals surface area contributed by atoms with Crippen molar-refractivity contribution < 1.29 is 18.7 Å². The first-order valence-corrected chi connectivity index (χ1v) is 8.35. The highest BCUT2D eigenvalue weighted by Crippen LogP contribution is 2.18. The van der Waals surface area contributed by atoms with Gasteiger partial charge in [-0.1, -0.05) is 24.7 Å². The van der Waals surface area contributed by atoms with Crippen molar-refractivity contribution in [3.63, 3.8) is 0 Å². The molecule has 0 bridgehead atoms. The van der Waals surface area contributed by atoms with Crippen molar-refractivity contribution in [2.45, 2.75) is 33.1 Å². The molecule has 2 rings (SSSR count). The maximum absolute atomic E-state index is 11.9. The van der Waals surface area contributed by atoms with E-state index in [4.69, 9.17) is 4.42 Å². The molecule has 0 aliphatic carbocycles. The second-order valence-electron chi connectivity index (χ2n) is 5.04. The fourth-order valence-corrected chi connectivity index (χ4v) is 2.72. The van der Waals surface area contributed by atoms with E-state index in [0.717, 1.165) is 24.3 Å². The second kappa shape index (κ2) is 8.39. The van der Waals surface area contributed by atoms with Gasteiger partial charge in [0.15, 0.2) is 0 Å². The molecule has 0 unspecified atom stereocenters. The minimum atomic E-state index is -0.478. The monoisotopic (exact) mass is 349 g/mol. The van der Waals surface area contributed by atoms with E-state index < -0.39 is 5.97 Å². The van der Waals surface area contributed by atoms with E-state index in [0.29, 0.717) is 22.2 Å². The molecule has 0 aliphatic heterocycles. The summed E-state index contributed by atoms with van der Waals surface area (Å²) in [7, 11) is 1.30. The van der Waals surface area contributed by atoms with Crippen molar-refractivity contribution in [1.29, 1.82) is 0 Å². The lowest BCUT2D eigenvalue weighted by Gasteiger charge is -1.93. The smallest absolute Gasteiger partial charge is 0.341 e. The molecule has 2 aromatic heterocycles. The molecule has 0 spiro atoms. The number of amides is 1. The molecular weight excluding hydrogens is 330 g/mol. The third-order valence-electron chi connectivity index (χ3n) is 3.18. The van der Waals surface area contributed by atoms with Gasteiger partial charge in [0, 0.05) is 12.5 Å². The van der Waals surface area contributed by atoms with Gasteiger partial charge >= 0.3 is 5.97 Å². The number of nitrogens with zero attached hydrogens (tertiary/aromatic N) is 2. The number of rotatable bonds is 7. The Bertz CT molecular complexity index is 748. The molecule has 1 amide bonds. The molecule has 1 N–H and O–H groups in total. The summed E-state index contributed by atoms with van der Waals surface area (Å²) in [5.74, 6) is 0.00577. The quantitative estimate of drug-likeness (QED) is 0.609. The zero-order chi connectivity index (χ0) is 17.5. The van der Waals surface area contributed by atoms with Crippen molar-refractivity contribution in [3.05, 3.63) is 34.2 Å². The van der Waals surface area contributed by atoms with Crippen LogP contribution in [-0.4, -0.2) is 29.2 Å². The standard InChI is InChI=1S/C16H19N3O4S/c1-4-5-6-14-18-19-16(24-14)17-13(20)8-7-11-9-12(10(2)23-11)15(21)22-3/h7-9H,4-6H2,1-3H3,(H,17,19,20)/b8-7+. The summed E-state index contributed by atoms with van der Waals surface area (Å²) in [5.41, 5.74) is 0.335. The number of carbonyl (C=O) groups is 2. The summed E-state index contributed by atoms with van der Waals surface area (Å²) < 4.78 is 10.0. The maximum atomic E-state index is 11.9. The van der Waals surface area contributed by atoms with Crippen molar-refractivity contribution in [3.8, 4) is 0 Å². The van der Waals surface area contributed by atoms with Crippen molar-refractivity contribution in [2.75, 3.05) is 12.4 Å². The van der Waals surface area contributed by atoms with Crippen LogP contribution in [0.3, 0.4) is 0 Å². The molecule has 0 fully saturated rings. The molecule has 2 heterocycles. The van der Waals surface area contributed by atoms with Gasteiger partial charge in [0.25, 0.3) is 0 Å². The van der Waals surface area contributed by atoms with Crippen molar-refractivity contribution >= 4 is 34.4 Å². The van der Waals surface area contributed by atoms with Crippen LogP contribution in [0.25, 0.3) is 6.08 Å². The van der Waals surface area contributed by atoms with E-state index in [1.54, 1.807) is 6.92 Å². The summed E-state index contributed by atoms with van der Waals surface area (Å²) in [6.07, 6.45) is 5.78. The minimum Gasteiger partial charge on any atom is -0.465 e. The molecule has 0 radical (unpaired) electrons.